The molecule has 0 saturated heterocycles. The van der Waals surface area contributed by atoms with Gasteiger partial charge in [0.05, 0.1) is 5.69 Å². The molecule has 0 bridgehead atoms. The number of nitrogens with zero attached hydrogens (tertiary/aromatic N) is 1. The third kappa shape index (κ3) is 4.40. The highest BCUT2D eigenvalue weighted by Gasteiger charge is 2.25. The van der Waals surface area contributed by atoms with Gasteiger partial charge in [-0.25, -0.2) is 13.1 Å². The first kappa shape index (κ1) is 17.2. The fraction of sp³-hybridized carbons (Fsp3) is 0.333. The lowest BCUT2D eigenvalue weighted by Gasteiger charge is -2.21. The van der Waals surface area contributed by atoms with Crippen molar-refractivity contribution < 1.29 is 17.7 Å². The van der Waals surface area contributed by atoms with Crippen LogP contribution >= 0.6 is 0 Å². The SMILES string of the molecule is Cc1cc(C(=O)Nc2ccccc2S(=O)(=O)NC(C)(C)C)no1. The number of nitrogens with one attached hydrogen (secondary N) is 2. The number of carbonyl (C=O) groups excluding carboxylic acids is 1. The summed E-state index contributed by atoms with van der Waals surface area (Å²) in [6.45, 7) is 6.88. The Hall–Kier alpha value is -2.19. The molecule has 0 spiro atoms. The minimum absolute atomic E-state index is 0.0107. The van der Waals surface area contributed by atoms with Gasteiger partial charge in [-0.2, -0.15) is 0 Å². The van der Waals surface area contributed by atoms with Crippen LogP contribution in [0.1, 0.15) is 37.0 Å². The molecule has 1 amide bonds. The highest BCUT2D eigenvalue weighted by molar-refractivity contribution is 7.89. The van der Waals surface area contributed by atoms with Crippen LogP contribution in [0.25, 0.3) is 0 Å². The summed E-state index contributed by atoms with van der Waals surface area (Å²) in [5, 5.41) is 6.16. The lowest BCUT2D eigenvalue weighted by atomic mass is 10.1. The van der Waals surface area contributed by atoms with Gasteiger partial charge in [0.2, 0.25) is 10.0 Å². The zero-order valence-electron chi connectivity index (χ0n) is 13.4. The zero-order chi connectivity index (χ0) is 17.3. The molecule has 124 valence electrons. The fourth-order valence-corrected chi connectivity index (χ4v) is 3.50. The van der Waals surface area contributed by atoms with E-state index in [0.29, 0.717) is 5.76 Å². The molecule has 1 heterocycles. The Labute approximate surface area is 135 Å². The van der Waals surface area contributed by atoms with Crippen LogP contribution in [0, 0.1) is 6.92 Å². The third-order valence-corrected chi connectivity index (χ3v) is 4.54. The summed E-state index contributed by atoms with van der Waals surface area (Å²) in [5.41, 5.74) is -0.382. The Bertz CT molecular complexity index is 819. The largest absolute Gasteiger partial charge is 0.361 e. The predicted molar refractivity (Wildman–Crippen MR) is 85.7 cm³/mol. The molecule has 0 aliphatic rings. The van der Waals surface area contributed by atoms with Crippen LogP contribution in [0.15, 0.2) is 39.8 Å². The maximum absolute atomic E-state index is 12.5. The lowest BCUT2D eigenvalue weighted by Crippen LogP contribution is -2.40. The van der Waals surface area contributed by atoms with Crippen LogP contribution in [-0.2, 0) is 10.0 Å². The number of hydrogen-bond donors (Lipinski definition) is 2. The van der Waals surface area contributed by atoms with Crippen molar-refractivity contribution in [1.29, 1.82) is 0 Å². The second-order valence-corrected chi connectivity index (χ2v) is 7.78. The molecule has 23 heavy (non-hydrogen) atoms. The Morgan fingerprint density at radius 3 is 2.43 bits per heavy atom. The smallest absolute Gasteiger partial charge is 0.277 e. The van der Waals surface area contributed by atoms with Gasteiger partial charge in [-0.3, -0.25) is 4.79 Å². The summed E-state index contributed by atoms with van der Waals surface area (Å²) in [6.07, 6.45) is 0. The summed E-state index contributed by atoms with van der Waals surface area (Å²) in [5.74, 6) is -0.0503. The minimum Gasteiger partial charge on any atom is -0.361 e. The van der Waals surface area contributed by atoms with Gasteiger partial charge in [-0.15, -0.1) is 0 Å². The molecule has 0 radical (unpaired) electrons. The average molecular weight is 337 g/mol. The molecule has 2 aromatic rings. The number of rotatable bonds is 4. The van der Waals surface area contributed by atoms with Crippen LogP contribution in [0.4, 0.5) is 5.69 Å². The summed E-state index contributed by atoms with van der Waals surface area (Å²) in [7, 11) is -3.78. The van der Waals surface area contributed by atoms with E-state index in [1.807, 2.05) is 0 Å². The molecule has 1 aromatic carbocycles. The molecule has 0 aliphatic carbocycles. The standard InChI is InChI=1S/C15H19N3O4S/c1-10-9-12(17-22-10)14(19)16-11-7-5-6-8-13(11)23(20,21)18-15(2,3)4/h5-9,18H,1-4H3,(H,16,19). The molecular formula is C15H19N3O4S. The van der Waals surface area contributed by atoms with E-state index in [2.05, 4.69) is 15.2 Å². The van der Waals surface area contributed by atoms with Crippen LogP contribution in [-0.4, -0.2) is 25.0 Å². The predicted octanol–water partition coefficient (Wildman–Crippen LogP) is 2.31. The van der Waals surface area contributed by atoms with Gasteiger partial charge >= 0.3 is 0 Å². The lowest BCUT2D eigenvalue weighted by molar-refractivity contribution is 0.101. The van der Waals surface area contributed by atoms with E-state index >= 15 is 0 Å². The highest BCUT2D eigenvalue weighted by atomic mass is 32.2. The number of hydrogen-bond acceptors (Lipinski definition) is 5. The first-order chi connectivity index (χ1) is 10.6. The molecule has 2 rings (SSSR count). The molecular weight excluding hydrogens is 318 g/mol. The van der Waals surface area contributed by atoms with Gasteiger partial charge in [-0.05, 0) is 39.8 Å². The minimum atomic E-state index is -3.78. The molecule has 0 aliphatic heterocycles. The number of aromatic nitrogens is 1. The van der Waals surface area contributed by atoms with Gasteiger partial charge in [0.15, 0.2) is 5.69 Å². The van der Waals surface area contributed by atoms with Gasteiger partial charge in [0.25, 0.3) is 5.91 Å². The van der Waals surface area contributed by atoms with Gasteiger partial charge in [0.1, 0.15) is 10.7 Å². The quantitative estimate of drug-likeness (QED) is 0.891. The van der Waals surface area contributed by atoms with Crippen LogP contribution < -0.4 is 10.0 Å². The Morgan fingerprint density at radius 2 is 1.87 bits per heavy atom. The maximum Gasteiger partial charge on any atom is 0.277 e. The molecule has 8 heteroatoms. The van der Waals surface area contributed by atoms with E-state index in [0.717, 1.165) is 0 Å². The Morgan fingerprint density at radius 1 is 1.22 bits per heavy atom. The molecule has 0 atom stereocenters. The second kappa shape index (κ2) is 6.13. The maximum atomic E-state index is 12.5. The number of amides is 1. The van der Waals surface area contributed by atoms with Crippen molar-refractivity contribution >= 4 is 21.6 Å². The van der Waals surface area contributed by atoms with Crippen molar-refractivity contribution in [2.75, 3.05) is 5.32 Å². The van der Waals surface area contributed by atoms with Gasteiger partial charge in [-0.1, -0.05) is 17.3 Å². The van der Waals surface area contributed by atoms with E-state index in [4.69, 9.17) is 4.52 Å². The third-order valence-electron chi connectivity index (χ3n) is 2.73. The van der Waals surface area contributed by atoms with Crippen LogP contribution in [0.3, 0.4) is 0 Å². The van der Waals surface area contributed by atoms with Crippen LogP contribution in [0.5, 0.6) is 0 Å². The van der Waals surface area contributed by atoms with E-state index in [9.17, 15) is 13.2 Å². The summed E-state index contributed by atoms with van der Waals surface area (Å²) < 4.78 is 32.4. The van der Waals surface area contributed by atoms with Gasteiger partial charge in [0, 0.05) is 11.6 Å². The Kier molecular flexibility index (Phi) is 4.58. The summed E-state index contributed by atoms with van der Waals surface area (Å²) in [6, 6.07) is 7.65. The molecule has 0 unspecified atom stereocenters. The van der Waals surface area contributed by atoms with E-state index < -0.39 is 21.5 Å². The molecule has 7 nitrogen and oxygen atoms in total. The molecule has 2 N–H and O–H groups in total. The van der Waals surface area contributed by atoms with Crippen molar-refractivity contribution in [3.8, 4) is 0 Å². The number of benzene rings is 1. The average Bonchev–Trinajstić information content (AvgIpc) is 2.83. The van der Waals surface area contributed by atoms with Crippen molar-refractivity contribution in [3.63, 3.8) is 0 Å². The number of carbonyl (C=O) groups is 1. The number of aryl methyl sites for hydroxylation is 1. The second-order valence-electron chi connectivity index (χ2n) is 6.13. The normalized spacial score (nSPS) is 12.2. The van der Waals surface area contributed by atoms with E-state index in [1.54, 1.807) is 39.8 Å². The number of para-hydroxylation sites is 1. The zero-order valence-corrected chi connectivity index (χ0v) is 14.2. The highest BCUT2D eigenvalue weighted by Crippen LogP contribution is 2.23. The van der Waals surface area contributed by atoms with E-state index in [-0.39, 0.29) is 16.3 Å². The first-order valence-electron chi connectivity index (χ1n) is 6.96. The molecule has 0 fully saturated rings. The van der Waals surface area contributed by atoms with Crippen molar-refractivity contribution in [3.05, 3.63) is 41.8 Å². The van der Waals surface area contributed by atoms with Crippen molar-refractivity contribution in [1.82, 2.24) is 9.88 Å². The first-order valence-corrected chi connectivity index (χ1v) is 8.44. The van der Waals surface area contributed by atoms with Crippen LogP contribution in [0.2, 0.25) is 0 Å². The summed E-state index contributed by atoms with van der Waals surface area (Å²) in [4.78, 5) is 12.1. The summed E-state index contributed by atoms with van der Waals surface area (Å²) >= 11 is 0. The topological polar surface area (TPSA) is 101 Å². The fourth-order valence-electron chi connectivity index (χ4n) is 1.92. The Balaban J connectivity index is 2.33. The number of sulfonamides is 1. The molecule has 1 aromatic heterocycles. The van der Waals surface area contributed by atoms with Crippen molar-refractivity contribution in [2.24, 2.45) is 0 Å². The van der Waals surface area contributed by atoms with Crippen molar-refractivity contribution in [2.45, 2.75) is 38.1 Å². The van der Waals surface area contributed by atoms with E-state index in [1.165, 1.54) is 18.2 Å². The monoisotopic (exact) mass is 337 g/mol. The van der Waals surface area contributed by atoms with Gasteiger partial charge < -0.3 is 9.84 Å². The molecule has 0 saturated carbocycles. The number of anilines is 1.